The number of rotatable bonds is 10. The van der Waals surface area contributed by atoms with Gasteiger partial charge in [0, 0.05) is 5.41 Å². The normalized spacial score (nSPS) is 24.4. The molecular formula is C31H42O. The molecule has 0 saturated heterocycles. The molecule has 1 aliphatic carbocycles. The van der Waals surface area contributed by atoms with Gasteiger partial charge >= 0.3 is 0 Å². The highest BCUT2D eigenvalue weighted by atomic mass is 16.1. The van der Waals surface area contributed by atoms with E-state index in [4.69, 9.17) is 0 Å². The number of hydrogen-bond donors (Lipinski definition) is 0. The van der Waals surface area contributed by atoms with E-state index in [1.54, 1.807) is 6.08 Å². The van der Waals surface area contributed by atoms with Gasteiger partial charge in [-0.25, -0.2) is 0 Å². The molecule has 172 valence electrons. The van der Waals surface area contributed by atoms with E-state index < -0.39 is 0 Å². The molecule has 32 heavy (non-hydrogen) atoms. The lowest BCUT2D eigenvalue weighted by atomic mass is 9.77. The molecule has 0 aromatic rings. The highest BCUT2D eigenvalue weighted by Crippen LogP contribution is 2.43. The van der Waals surface area contributed by atoms with Crippen molar-refractivity contribution in [2.24, 2.45) is 11.3 Å². The zero-order valence-corrected chi connectivity index (χ0v) is 21.2. The number of hydrogen-bond acceptors (Lipinski definition) is 1. The van der Waals surface area contributed by atoms with Gasteiger partial charge in [-0.05, 0) is 59.5 Å². The molecule has 0 radical (unpaired) electrons. The molecule has 0 N–H and O–H groups in total. The van der Waals surface area contributed by atoms with E-state index in [1.165, 1.54) is 16.7 Å². The van der Waals surface area contributed by atoms with Crippen LogP contribution in [-0.4, -0.2) is 5.78 Å². The molecule has 0 aromatic carbocycles. The zero-order valence-electron chi connectivity index (χ0n) is 21.2. The Kier molecular flexibility index (Phi) is 12.3. The summed E-state index contributed by atoms with van der Waals surface area (Å²) in [6.45, 7) is 14.6. The second kappa shape index (κ2) is 14.4. The smallest absolute Gasteiger partial charge is 0.161 e. The van der Waals surface area contributed by atoms with E-state index in [0.29, 0.717) is 5.92 Å². The standard InChI is InChI=1S/C31H42O/c1-8-14-25(2)17-11-18-26(3)15-9-10-16-27(4)19-12-20-28(5)22-23-30(32)31(7)24-13-21-29(31)6/h8-12,14-20,22-23,29H,13,21,24H2,1-7H3/b10-9+,14-8+,18-11+,19-12+,23-22+,25-17+,26-15+,27-16-,28-20+/t29?,31-/m0/s1. The van der Waals surface area contributed by atoms with Gasteiger partial charge in [-0.1, -0.05) is 122 Å². The monoisotopic (exact) mass is 430 g/mol. The average Bonchev–Trinajstić information content (AvgIpc) is 3.09. The third-order valence-corrected chi connectivity index (χ3v) is 6.18. The maximum absolute atomic E-state index is 12.6. The number of carbonyl (C=O) groups excluding carboxylic acids is 1. The van der Waals surface area contributed by atoms with Gasteiger partial charge in [-0.15, -0.1) is 0 Å². The van der Waals surface area contributed by atoms with Crippen LogP contribution in [0.5, 0.6) is 0 Å². The van der Waals surface area contributed by atoms with Gasteiger partial charge in [0.15, 0.2) is 5.78 Å². The molecule has 0 aromatic heterocycles. The molecule has 0 bridgehead atoms. The minimum Gasteiger partial charge on any atom is -0.294 e. The summed E-state index contributed by atoms with van der Waals surface area (Å²) in [6.07, 6.45) is 31.9. The van der Waals surface area contributed by atoms with Crippen LogP contribution in [0, 0.1) is 11.3 Å². The van der Waals surface area contributed by atoms with Crippen LogP contribution >= 0.6 is 0 Å². The summed E-state index contributed by atoms with van der Waals surface area (Å²) in [4.78, 5) is 12.6. The molecule has 1 rings (SSSR count). The third-order valence-electron chi connectivity index (χ3n) is 6.18. The third kappa shape index (κ3) is 10.1. The van der Waals surface area contributed by atoms with Gasteiger partial charge in [0.05, 0.1) is 0 Å². The lowest BCUT2D eigenvalue weighted by Crippen LogP contribution is -2.28. The fraction of sp³-hybridized carbons (Fsp3) is 0.387. The summed E-state index contributed by atoms with van der Waals surface area (Å²) in [5.74, 6) is 0.742. The molecule has 0 heterocycles. The second-order valence-corrected chi connectivity index (χ2v) is 9.15. The topological polar surface area (TPSA) is 17.1 Å². The Morgan fingerprint density at radius 3 is 1.66 bits per heavy atom. The maximum Gasteiger partial charge on any atom is 0.161 e. The van der Waals surface area contributed by atoms with Crippen molar-refractivity contribution in [3.05, 3.63) is 107 Å². The minimum atomic E-state index is -0.178. The van der Waals surface area contributed by atoms with Gasteiger partial charge in [-0.3, -0.25) is 4.79 Å². The summed E-state index contributed by atoms with van der Waals surface area (Å²) in [5.41, 5.74) is 4.51. The molecule has 1 aliphatic rings. The minimum absolute atomic E-state index is 0.178. The Morgan fingerprint density at radius 2 is 1.19 bits per heavy atom. The lowest BCUT2D eigenvalue weighted by molar-refractivity contribution is -0.124. The largest absolute Gasteiger partial charge is 0.294 e. The van der Waals surface area contributed by atoms with E-state index in [1.807, 2.05) is 38.2 Å². The van der Waals surface area contributed by atoms with Crippen LogP contribution in [0.3, 0.4) is 0 Å². The molecule has 0 aliphatic heterocycles. The number of allylic oxidation sites excluding steroid dienone is 18. The SMILES string of the molecule is C/C=C/C(C)=C/C=C/C(C)=C/C=C/C=C(C)\C=C\C=C(C)\C=C\C(=O)[C@@]1(C)CCCC1C. The van der Waals surface area contributed by atoms with Crippen LogP contribution < -0.4 is 0 Å². The molecule has 0 amide bonds. The van der Waals surface area contributed by atoms with Crippen molar-refractivity contribution in [2.45, 2.75) is 67.7 Å². The summed E-state index contributed by atoms with van der Waals surface area (Å²) in [5, 5.41) is 0. The van der Waals surface area contributed by atoms with Gasteiger partial charge in [0.1, 0.15) is 0 Å². The number of carbonyl (C=O) groups is 1. The van der Waals surface area contributed by atoms with Crippen LogP contribution in [0.15, 0.2) is 107 Å². The van der Waals surface area contributed by atoms with Crippen molar-refractivity contribution in [1.82, 2.24) is 0 Å². The predicted molar refractivity (Wildman–Crippen MR) is 143 cm³/mol. The Balaban J connectivity index is 2.58. The molecule has 1 fully saturated rings. The first-order chi connectivity index (χ1) is 15.2. The summed E-state index contributed by atoms with van der Waals surface area (Å²) >= 11 is 0. The van der Waals surface area contributed by atoms with E-state index in [0.717, 1.165) is 24.8 Å². The Bertz CT molecular complexity index is 893. The Hall–Kier alpha value is -2.67. The predicted octanol–water partition coefficient (Wildman–Crippen LogP) is 8.97. The molecule has 1 unspecified atom stereocenters. The van der Waals surface area contributed by atoms with Crippen molar-refractivity contribution < 1.29 is 4.79 Å². The molecule has 1 saturated carbocycles. The summed E-state index contributed by atoms with van der Waals surface area (Å²) in [6, 6.07) is 0. The van der Waals surface area contributed by atoms with Crippen LogP contribution in [0.25, 0.3) is 0 Å². The first-order valence-electron chi connectivity index (χ1n) is 11.8. The van der Waals surface area contributed by atoms with Crippen molar-refractivity contribution in [2.75, 3.05) is 0 Å². The van der Waals surface area contributed by atoms with Crippen LogP contribution in [0.4, 0.5) is 0 Å². The Morgan fingerprint density at radius 1 is 0.719 bits per heavy atom. The maximum atomic E-state index is 12.6. The van der Waals surface area contributed by atoms with E-state index in [2.05, 4.69) is 89.3 Å². The fourth-order valence-corrected chi connectivity index (χ4v) is 3.71. The van der Waals surface area contributed by atoms with E-state index in [9.17, 15) is 4.79 Å². The highest BCUT2D eigenvalue weighted by molar-refractivity contribution is 5.95. The van der Waals surface area contributed by atoms with Crippen molar-refractivity contribution in [1.29, 1.82) is 0 Å². The molecule has 1 nitrogen and oxygen atoms in total. The average molecular weight is 431 g/mol. The van der Waals surface area contributed by atoms with E-state index >= 15 is 0 Å². The molecule has 2 atom stereocenters. The van der Waals surface area contributed by atoms with Gasteiger partial charge < -0.3 is 0 Å². The van der Waals surface area contributed by atoms with Crippen molar-refractivity contribution >= 4 is 5.78 Å². The zero-order chi connectivity index (χ0) is 24.0. The van der Waals surface area contributed by atoms with Crippen molar-refractivity contribution in [3.8, 4) is 0 Å². The first kappa shape index (κ1) is 27.4. The van der Waals surface area contributed by atoms with Crippen LogP contribution in [-0.2, 0) is 4.79 Å². The molecule has 0 spiro atoms. The molecular weight excluding hydrogens is 388 g/mol. The Labute approximate surface area is 197 Å². The van der Waals surface area contributed by atoms with Crippen molar-refractivity contribution in [3.63, 3.8) is 0 Å². The summed E-state index contributed by atoms with van der Waals surface area (Å²) in [7, 11) is 0. The van der Waals surface area contributed by atoms with Crippen LogP contribution in [0.1, 0.15) is 67.7 Å². The number of ketones is 1. The van der Waals surface area contributed by atoms with Gasteiger partial charge in [0.2, 0.25) is 0 Å². The second-order valence-electron chi connectivity index (χ2n) is 9.15. The molecule has 1 heteroatoms. The van der Waals surface area contributed by atoms with Gasteiger partial charge in [-0.2, -0.15) is 0 Å². The quantitative estimate of drug-likeness (QED) is 0.250. The lowest BCUT2D eigenvalue weighted by Gasteiger charge is -2.25. The summed E-state index contributed by atoms with van der Waals surface area (Å²) < 4.78 is 0. The highest BCUT2D eigenvalue weighted by Gasteiger charge is 2.40. The van der Waals surface area contributed by atoms with Gasteiger partial charge in [0.25, 0.3) is 0 Å². The van der Waals surface area contributed by atoms with E-state index in [-0.39, 0.29) is 11.2 Å². The fourth-order valence-electron chi connectivity index (χ4n) is 3.71. The first-order valence-corrected chi connectivity index (χ1v) is 11.8. The van der Waals surface area contributed by atoms with Crippen LogP contribution in [0.2, 0.25) is 0 Å².